The molecule has 1 heterocycles. The molecule has 0 bridgehead atoms. The van der Waals surface area contributed by atoms with E-state index in [1.807, 2.05) is 0 Å². The lowest BCUT2D eigenvalue weighted by molar-refractivity contribution is 0.285. The molecule has 0 amide bonds. The molecule has 2 heteroatoms. The Morgan fingerprint density at radius 2 is 2.13 bits per heavy atom. The Balaban J connectivity index is 2.26. The van der Waals surface area contributed by atoms with Crippen molar-refractivity contribution in [2.24, 2.45) is 5.92 Å². The van der Waals surface area contributed by atoms with Crippen molar-refractivity contribution in [3.05, 3.63) is 12.2 Å². The molecular formula is C13H26N2. The van der Waals surface area contributed by atoms with E-state index in [0.717, 1.165) is 25.0 Å². The zero-order valence-electron chi connectivity index (χ0n) is 10.7. The number of rotatable bonds is 5. The van der Waals surface area contributed by atoms with Crippen LogP contribution < -0.4 is 5.32 Å². The summed E-state index contributed by atoms with van der Waals surface area (Å²) in [6, 6.07) is 1.28. The van der Waals surface area contributed by atoms with Crippen molar-refractivity contribution in [2.75, 3.05) is 19.6 Å². The highest BCUT2D eigenvalue weighted by Crippen LogP contribution is 2.22. The van der Waals surface area contributed by atoms with Crippen LogP contribution in [0.5, 0.6) is 0 Å². The van der Waals surface area contributed by atoms with E-state index in [9.17, 15) is 0 Å². The Hall–Kier alpha value is -0.340. The monoisotopic (exact) mass is 210 g/mol. The molecule has 1 aliphatic heterocycles. The zero-order chi connectivity index (χ0) is 11.4. The largest absolute Gasteiger partial charge is 0.311 e. The molecule has 1 saturated heterocycles. The Labute approximate surface area is 94.7 Å². The molecule has 0 saturated carbocycles. The molecule has 0 aromatic rings. The molecule has 0 radical (unpaired) electrons. The Bertz CT molecular complexity index is 211. The second-order valence-electron chi connectivity index (χ2n) is 5.40. The summed E-state index contributed by atoms with van der Waals surface area (Å²) in [5.74, 6) is 0.853. The van der Waals surface area contributed by atoms with Crippen LogP contribution in [0.3, 0.4) is 0 Å². The SMILES string of the molecule is C=C(CNC(C)C)CN1CC(C)CC1C. The molecule has 15 heavy (non-hydrogen) atoms. The average Bonchev–Trinajstić information content (AvgIpc) is 2.42. The summed E-state index contributed by atoms with van der Waals surface area (Å²) in [6.07, 6.45) is 1.34. The van der Waals surface area contributed by atoms with E-state index in [0.29, 0.717) is 6.04 Å². The lowest BCUT2D eigenvalue weighted by Crippen LogP contribution is -2.33. The fourth-order valence-electron chi connectivity index (χ4n) is 2.30. The summed E-state index contributed by atoms with van der Waals surface area (Å²) in [7, 11) is 0. The first-order valence-electron chi connectivity index (χ1n) is 6.13. The second kappa shape index (κ2) is 5.66. The molecule has 2 unspecified atom stereocenters. The molecule has 0 aromatic heterocycles. The van der Waals surface area contributed by atoms with Crippen molar-refractivity contribution in [3.8, 4) is 0 Å². The van der Waals surface area contributed by atoms with E-state index in [1.54, 1.807) is 0 Å². The smallest absolute Gasteiger partial charge is 0.0205 e. The normalized spacial score (nSPS) is 27.5. The highest BCUT2D eigenvalue weighted by Gasteiger charge is 2.25. The van der Waals surface area contributed by atoms with Crippen molar-refractivity contribution in [2.45, 2.75) is 46.2 Å². The molecular weight excluding hydrogens is 184 g/mol. The van der Waals surface area contributed by atoms with Crippen molar-refractivity contribution in [3.63, 3.8) is 0 Å². The second-order valence-corrected chi connectivity index (χ2v) is 5.40. The number of hydrogen-bond donors (Lipinski definition) is 1. The number of hydrogen-bond acceptors (Lipinski definition) is 2. The third-order valence-corrected chi connectivity index (χ3v) is 3.10. The Kier molecular flexibility index (Phi) is 4.81. The van der Waals surface area contributed by atoms with Crippen LogP contribution in [0.1, 0.15) is 34.1 Å². The van der Waals surface area contributed by atoms with Crippen LogP contribution in [0.25, 0.3) is 0 Å². The van der Waals surface area contributed by atoms with Crippen LogP contribution >= 0.6 is 0 Å². The van der Waals surface area contributed by atoms with Gasteiger partial charge in [-0.25, -0.2) is 0 Å². The lowest BCUT2D eigenvalue weighted by Gasteiger charge is -2.22. The van der Waals surface area contributed by atoms with Crippen molar-refractivity contribution >= 4 is 0 Å². The van der Waals surface area contributed by atoms with Gasteiger partial charge in [-0.2, -0.15) is 0 Å². The van der Waals surface area contributed by atoms with Gasteiger partial charge in [-0.15, -0.1) is 0 Å². The molecule has 88 valence electrons. The van der Waals surface area contributed by atoms with Gasteiger partial charge in [0.2, 0.25) is 0 Å². The Morgan fingerprint density at radius 1 is 1.47 bits per heavy atom. The predicted molar refractivity (Wildman–Crippen MR) is 67.1 cm³/mol. The van der Waals surface area contributed by atoms with Crippen LogP contribution in [-0.2, 0) is 0 Å². The predicted octanol–water partition coefficient (Wildman–Crippen LogP) is 2.27. The van der Waals surface area contributed by atoms with E-state index < -0.39 is 0 Å². The maximum atomic E-state index is 4.15. The van der Waals surface area contributed by atoms with E-state index in [2.05, 4.69) is 44.5 Å². The number of nitrogens with one attached hydrogen (secondary N) is 1. The minimum absolute atomic E-state index is 0.552. The van der Waals surface area contributed by atoms with Gasteiger partial charge in [-0.05, 0) is 24.8 Å². The van der Waals surface area contributed by atoms with Crippen LogP contribution in [0.15, 0.2) is 12.2 Å². The van der Waals surface area contributed by atoms with Crippen LogP contribution in [0.4, 0.5) is 0 Å². The van der Waals surface area contributed by atoms with Crippen LogP contribution in [-0.4, -0.2) is 36.6 Å². The minimum atomic E-state index is 0.552. The summed E-state index contributed by atoms with van der Waals surface area (Å²) in [4.78, 5) is 2.55. The van der Waals surface area contributed by atoms with Gasteiger partial charge >= 0.3 is 0 Å². The zero-order valence-corrected chi connectivity index (χ0v) is 10.7. The van der Waals surface area contributed by atoms with Crippen molar-refractivity contribution in [1.29, 1.82) is 0 Å². The lowest BCUT2D eigenvalue weighted by atomic mass is 10.1. The molecule has 0 spiro atoms. The first kappa shape index (κ1) is 12.7. The average molecular weight is 210 g/mol. The molecule has 0 aromatic carbocycles. The summed E-state index contributed by atoms with van der Waals surface area (Å²) in [6.45, 7) is 16.4. The fourth-order valence-corrected chi connectivity index (χ4v) is 2.30. The third-order valence-electron chi connectivity index (χ3n) is 3.10. The van der Waals surface area contributed by atoms with Gasteiger partial charge < -0.3 is 5.32 Å². The molecule has 2 nitrogen and oxygen atoms in total. The van der Waals surface area contributed by atoms with E-state index >= 15 is 0 Å². The summed E-state index contributed by atoms with van der Waals surface area (Å²) in [5.41, 5.74) is 1.31. The standard InChI is InChI=1S/C13H26N2/c1-10(2)14-7-12(4)9-15-8-11(3)6-13(15)5/h10-11,13-14H,4,6-9H2,1-3,5H3. The van der Waals surface area contributed by atoms with Crippen molar-refractivity contribution in [1.82, 2.24) is 10.2 Å². The third kappa shape index (κ3) is 4.35. The first-order valence-corrected chi connectivity index (χ1v) is 6.13. The minimum Gasteiger partial charge on any atom is -0.311 e. The van der Waals surface area contributed by atoms with Crippen molar-refractivity contribution < 1.29 is 0 Å². The highest BCUT2D eigenvalue weighted by molar-refractivity contribution is 5.02. The van der Waals surface area contributed by atoms with Crippen LogP contribution in [0.2, 0.25) is 0 Å². The van der Waals surface area contributed by atoms with Crippen LogP contribution in [0, 0.1) is 5.92 Å². The van der Waals surface area contributed by atoms with Gasteiger partial charge in [-0.3, -0.25) is 4.90 Å². The molecule has 0 aliphatic carbocycles. The summed E-state index contributed by atoms with van der Waals surface area (Å²) >= 11 is 0. The number of nitrogens with zero attached hydrogens (tertiary/aromatic N) is 1. The van der Waals surface area contributed by atoms with Gasteiger partial charge in [0.1, 0.15) is 0 Å². The molecule has 1 rings (SSSR count). The maximum Gasteiger partial charge on any atom is 0.0205 e. The maximum absolute atomic E-state index is 4.15. The van der Waals surface area contributed by atoms with E-state index in [-0.39, 0.29) is 0 Å². The van der Waals surface area contributed by atoms with Gasteiger partial charge in [0.15, 0.2) is 0 Å². The summed E-state index contributed by atoms with van der Waals surface area (Å²) in [5, 5.41) is 3.42. The number of likely N-dealkylation sites (tertiary alicyclic amines) is 1. The van der Waals surface area contributed by atoms with E-state index in [4.69, 9.17) is 0 Å². The van der Waals surface area contributed by atoms with E-state index in [1.165, 1.54) is 18.5 Å². The molecule has 1 aliphatic rings. The first-order chi connectivity index (χ1) is 6.99. The molecule has 1 fully saturated rings. The van der Waals surface area contributed by atoms with Gasteiger partial charge in [0.25, 0.3) is 0 Å². The quantitative estimate of drug-likeness (QED) is 0.700. The van der Waals surface area contributed by atoms with Gasteiger partial charge in [0, 0.05) is 31.7 Å². The highest BCUT2D eigenvalue weighted by atomic mass is 15.2. The Morgan fingerprint density at radius 3 is 2.60 bits per heavy atom. The fraction of sp³-hybridized carbons (Fsp3) is 0.846. The van der Waals surface area contributed by atoms with Gasteiger partial charge in [-0.1, -0.05) is 27.4 Å². The molecule has 2 atom stereocenters. The van der Waals surface area contributed by atoms with Gasteiger partial charge in [0.05, 0.1) is 0 Å². The molecule has 1 N–H and O–H groups in total. The topological polar surface area (TPSA) is 15.3 Å². The summed E-state index contributed by atoms with van der Waals surface area (Å²) < 4.78 is 0.